The van der Waals surface area contributed by atoms with Crippen LogP contribution in [0.1, 0.15) is 64.8 Å². The van der Waals surface area contributed by atoms with Gasteiger partial charge in [0.1, 0.15) is 6.54 Å². The lowest BCUT2D eigenvalue weighted by Crippen LogP contribution is -2.61. The summed E-state index contributed by atoms with van der Waals surface area (Å²) in [5.41, 5.74) is 1.66. The molecule has 0 radical (unpaired) electrons. The second-order valence-electron chi connectivity index (χ2n) is 8.99. The van der Waals surface area contributed by atoms with Gasteiger partial charge in [-0.15, -0.1) is 0 Å². The maximum absolute atomic E-state index is 12.7. The molecule has 26 heavy (non-hydrogen) atoms. The zero-order valence-corrected chi connectivity index (χ0v) is 15.1. The van der Waals surface area contributed by atoms with Crippen LogP contribution in [0.3, 0.4) is 0 Å². The fourth-order valence-electron chi connectivity index (χ4n) is 6.29. The van der Waals surface area contributed by atoms with Crippen molar-refractivity contribution in [2.75, 3.05) is 6.54 Å². The third-order valence-corrected chi connectivity index (χ3v) is 6.87. The molecule has 3 amide bonds. The average molecular weight is 352 g/mol. The van der Waals surface area contributed by atoms with Gasteiger partial charge in [0.15, 0.2) is 0 Å². The van der Waals surface area contributed by atoms with E-state index < -0.39 is 0 Å². The highest BCUT2D eigenvalue weighted by Gasteiger charge is 2.51. The Balaban J connectivity index is 1.31. The first-order valence-electron chi connectivity index (χ1n) is 9.70. The molecule has 1 N–H and O–H groups in total. The number of hydrogen-bond acceptors (Lipinski definition) is 3. The van der Waals surface area contributed by atoms with Gasteiger partial charge in [0.25, 0.3) is 11.8 Å². The number of rotatable bonds is 3. The normalized spacial score (nSPS) is 34.3. The van der Waals surface area contributed by atoms with Crippen LogP contribution in [-0.2, 0) is 4.79 Å². The van der Waals surface area contributed by atoms with Crippen molar-refractivity contribution in [2.24, 2.45) is 17.8 Å². The van der Waals surface area contributed by atoms with Gasteiger partial charge in [-0.3, -0.25) is 19.3 Å². The lowest BCUT2D eigenvalue weighted by molar-refractivity contribution is -0.127. The van der Waals surface area contributed by atoms with Crippen LogP contribution < -0.4 is 5.32 Å². The van der Waals surface area contributed by atoms with Gasteiger partial charge in [0.05, 0.1) is 11.1 Å². The lowest BCUT2D eigenvalue weighted by Gasteiger charge is -2.57. The number of imide groups is 1. The van der Waals surface area contributed by atoms with Crippen molar-refractivity contribution >= 4 is 17.7 Å². The highest BCUT2D eigenvalue weighted by molar-refractivity contribution is 6.22. The number of amides is 3. The van der Waals surface area contributed by atoms with E-state index in [1.54, 1.807) is 12.1 Å². The van der Waals surface area contributed by atoms with Gasteiger partial charge in [-0.2, -0.15) is 0 Å². The molecule has 136 valence electrons. The van der Waals surface area contributed by atoms with E-state index in [1.165, 1.54) is 19.3 Å². The molecule has 1 heterocycles. The summed E-state index contributed by atoms with van der Waals surface area (Å²) in [6, 6.07) is 5.23. The number of nitrogens with one attached hydrogen (secondary N) is 1. The predicted molar refractivity (Wildman–Crippen MR) is 95.6 cm³/mol. The highest BCUT2D eigenvalue weighted by Crippen LogP contribution is 2.55. The minimum atomic E-state index is -0.356. The van der Waals surface area contributed by atoms with Crippen molar-refractivity contribution in [3.05, 3.63) is 34.9 Å². The van der Waals surface area contributed by atoms with Crippen molar-refractivity contribution in [2.45, 2.75) is 51.0 Å². The Morgan fingerprint density at radius 3 is 2.23 bits per heavy atom. The molecule has 0 unspecified atom stereocenters. The van der Waals surface area contributed by atoms with Crippen molar-refractivity contribution in [1.29, 1.82) is 0 Å². The zero-order valence-electron chi connectivity index (χ0n) is 15.1. The van der Waals surface area contributed by atoms with Gasteiger partial charge in [0.2, 0.25) is 5.91 Å². The van der Waals surface area contributed by atoms with E-state index in [4.69, 9.17) is 0 Å². The maximum Gasteiger partial charge on any atom is 0.262 e. The van der Waals surface area contributed by atoms with Crippen molar-refractivity contribution in [3.8, 4) is 0 Å². The first kappa shape index (κ1) is 16.0. The average Bonchev–Trinajstić information content (AvgIpc) is 2.77. The van der Waals surface area contributed by atoms with E-state index in [2.05, 4.69) is 5.32 Å². The number of benzene rings is 1. The first-order chi connectivity index (χ1) is 12.4. The second-order valence-corrected chi connectivity index (χ2v) is 8.99. The van der Waals surface area contributed by atoms with Gasteiger partial charge in [-0.05, 0) is 75.3 Å². The van der Waals surface area contributed by atoms with Crippen LogP contribution in [0.5, 0.6) is 0 Å². The Kier molecular flexibility index (Phi) is 3.34. The van der Waals surface area contributed by atoms with Gasteiger partial charge >= 0.3 is 0 Å². The summed E-state index contributed by atoms with van der Waals surface area (Å²) in [6.07, 6.45) is 7.12. The van der Waals surface area contributed by atoms with Crippen LogP contribution in [0, 0.1) is 24.7 Å². The fraction of sp³-hybridized carbons (Fsp3) is 0.571. The number of hydrogen-bond donors (Lipinski definition) is 1. The topological polar surface area (TPSA) is 66.5 Å². The summed E-state index contributed by atoms with van der Waals surface area (Å²) in [4.78, 5) is 39.0. The van der Waals surface area contributed by atoms with E-state index in [1.807, 2.05) is 13.0 Å². The minimum Gasteiger partial charge on any atom is -0.349 e. The molecule has 5 heteroatoms. The van der Waals surface area contributed by atoms with Crippen LogP contribution in [-0.4, -0.2) is 34.7 Å². The van der Waals surface area contributed by atoms with Gasteiger partial charge in [-0.1, -0.05) is 11.6 Å². The predicted octanol–water partition coefficient (Wildman–Crippen LogP) is 2.68. The molecule has 4 saturated carbocycles. The SMILES string of the molecule is Cc1ccc2c(c1)C(=O)N(CC(=O)NC13CC4CC(CC(C4)C1)C3)C2=O. The molecule has 0 aromatic heterocycles. The van der Waals surface area contributed by atoms with Crippen LogP contribution in [0.25, 0.3) is 0 Å². The number of aryl methyl sites for hydroxylation is 1. The van der Waals surface area contributed by atoms with Gasteiger partial charge in [0, 0.05) is 5.54 Å². The molecular weight excluding hydrogens is 328 g/mol. The molecule has 1 aliphatic heterocycles. The largest absolute Gasteiger partial charge is 0.349 e. The molecule has 5 aliphatic rings. The van der Waals surface area contributed by atoms with E-state index in [0.29, 0.717) is 11.1 Å². The summed E-state index contributed by atoms with van der Waals surface area (Å²) in [5, 5.41) is 3.25. The number of carbonyl (C=O) groups is 3. The minimum absolute atomic E-state index is 0.0961. The van der Waals surface area contributed by atoms with E-state index in [9.17, 15) is 14.4 Å². The number of carbonyl (C=O) groups excluding carboxylic acids is 3. The third kappa shape index (κ3) is 2.40. The van der Waals surface area contributed by atoms with E-state index in [0.717, 1.165) is 47.5 Å². The third-order valence-electron chi connectivity index (χ3n) is 6.87. The Morgan fingerprint density at radius 2 is 1.62 bits per heavy atom. The first-order valence-corrected chi connectivity index (χ1v) is 9.70. The molecule has 0 spiro atoms. The maximum atomic E-state index is 12.7. The van der Waals surface area contributed by atoms with Crippen LogP contribution in [0.2, 0.25) is 0 Å². The molecule has 4 fully saturated rings. The van der Waals surface area contributed by atoms with Crippen molar-refractivity contribution < 1.29 is 14.4 Å². The lowest BCUT2D eigenvalue weighted by atomic mass is 9.53. The van der Waals surface area contributed by atoms with Crippen molar-refractivity contribution in [3.63, 3.8) is 0 Å². The van der Waals surface area contributed by atoms with Gasteiger partial charge in [-0.25, -0.2) is 0 Å². The van der Waals surface area contributed by atoms with E-state index >= 15 is 0 Å². The molecule has 5 nitrogen and oxygen atoms in total. The summed E-state index contributed by atoms with van der Waals surface area (Å²) in [5.74, 6) is 1.31. The van der Waals surface area contributed by atoms with Crippen LogP contribution >= 0.6 is 0 Å². The van der Waals surface area contributed by atoms with Crippen LogP contribution in [0.4, 0.5) is 0 Å². The fourth-order valence-corrected chi connectivity index (χ4v) is 6.29. The molecule has 1 aromatic rings. The summed E-state index contributed by atoms with van der Waals surface area (Å²) < 4.78 is 0. The van der Waals surface area contributed by atoms with Crippen LogP contribution in [0.15, 0.2) is 18.2 Å². The van der Waals surface area contributed by atoms with Crippen molar-refractivity contribution in [1.82, 2.24) is 10.2 Å². The summed E-state index contributed by atoms with van der Waals surface area (Å²) in [6.45, 7) is 1.72. The molecule has 0 saturated heterocycles. The molecule has 6 rings (SSSR count). The molecule has 4 aliphatic carbocycles. The standard InChI is InChI=1S/C21H24N2O3/c1-12-2-3-16-17(4-12)20(26)23(19(16)25)11-18(24)22-21-8-13-5-14(9-21)7-15(6-13)10-21/h2-4,13-15H,5-11H2,1H3,(H,22,24). The summed E-state index contributed by atoms with van der Waals surface area (Å²) >= 11 is 0. The second kappa shape index (κ2) is 5.41. The Labute approximate surface area is 153 Å². The highest BCUT2D eigenvalue weighted by atomic mass is 16.2. The quantitative estimate of drug-likeness (QED) is 0.851. The molecular formula is C21H24N2O3. The molecule has 4 bridgehead atoms. The number of fused-ring (bicyclic) bond motifs is 1. The Morgan fingerprint density at radius 1 is 1.04 bits per heavy atom. The zero-order chi connectivity index (χ0) is 18.1. The van der Waals surface area contributed by atoms with E-state index in [-0.39, 0.29) is 29.8 Å². The molecule has 0 atom stereocenters. The summed E-state index contributed by atoms with van der Waals surface area (Å²) in [7, 11) is 0. The monoisotopic (exact) mass is 352 g/mol. The Hall–Kier alpha value is -2.17. The Bertz CT molecular complexity index is 793. The smallest absolute Gasteiger partial charge is 0.262 e. The number of nitrogens with zero attached hydrogens (tertiary/aromatic N) is 1. The molecule has 1 aromatic carbocycles. The van der Waals surface area contributed by atoms with Gasteiger partial charge < -0.3 is 5.32 Å².